The molecule has 4 atom stereocenters. The van der Waals surface area contributed by atoms with E-state index in [2.05, 4.69) is 15.5 Å². The van der Waals surface area contributed by atoms with E-state index in [0.29, 0.717) is 0 Å². The molecule has 0 saturated carbocycles. The summed E-state index contributed by atoms with van der Waals surface area (Å²) in [5.41, 5.74) is 3.00. The number of thioether (sulfide) groups is 1. The van der Waals surface area contributed by atoms with Gasteiger partial charge in [0.1, 0.15) is 11.7 Å². The highest BCUT2D eigenvalue weighted by Gasteiger charge is 2.66. The number of oxime groups is 1. The Morgan fingerprint density at radius 2 is 1.88 bits per heavy atom. The molecule has 21 heteroatoms. The molecule has 49 heavy (non-hydrogen) atoms. The lowest BCUT2D eigenvalue weighted by atomic mass is 9.90. The van der Waals surface area contributed by atoms with Crippen LogP contribution in [0.15, 0.2) is 22.7 Å². The first-order valence-corrected chi connectivity index (χ1v) is 16.4. The van der Waals surface area contributed by atoms with E-state index in [0.717, 1.165) is 40.1 Å². The minimum Gasteiger partial charge on any atom is -0.504 e. The second-order valence-corrected chi connectivity index (χ2v) is 14.3. The molecule has 7 N–H and O–H groups in total. The number of benzene rings is 1. The molecule has 1 aromatic carbocycles. The number of carboxylic acid groups (broad SMARTS) is 2. The van der Waals surface area contributed by atoms with Crippen molar-refractivity contribution in [3.05, 3.63) is 33.8 Å². The van der Waals surface area contributed by atoms with Gasteiger partial charge in [0.05, 0.1) is 28.4 Å². The maximum absolute atomic E-state index is 13.5. The summed E-state index contributed by atoms with van der Waals surface area (Å²) < 4.78 is 0. The number of carboxylic acids is 2. The SMILES string of the molecule is CC(C)(O/N=C(\C(=O)C[C@@H]1C(=O)N2C[C@@](C(=O)O)(N3CC[C@H](NC(=O)C(=O)c4ccc(O)c(O)c4Cl)C3=O)S[C@H]12)c1csc(N)n1)C(=O)O. The van der Waals surface area contributed by atoms with E-state index < -0.39 is 110 Å². The second-order valence-electron chi connectivity index (χ2n) is 11.6. The molecule has 5 rings (SSSR count). The maximum Gasteiger partial charge on any atom is 0.350 e. The number of ketones is 2. The minimum atomic E-state index is -2.00. The number of β-lactam (4-membered cyclic amide) rings is 1. The number of phenolic OH excluding ortho intramolecular Hbond substituents is 2. The number of phenols is 2. The number of nitrogen functional groups attached to an aromatic ring is 1. The van der Waals surface area contributed by atoms with Crippen LogP contribution in [0.5, 0.6) is 11.5 Å². The van der Waals surface area contributed by atoms with Crippen LogP contribution < -0.4 is 11.1 Å². The van der Waals surface area contributed by atoms with E-state index in [1.165, 1.54) is 24.1 Å². The van der Waals surface area contributed by atoms with Crippen molar-refractivity contribution in [2.24, 2.45) is 11.1 Å². The van der Waals surface area contributed by atoms with Gasteiger partial charge in [-0.05, 0) is 32.4 Å². The Morgan fingerprint density at radius 3 is 2.49 bits per heavy atom. The Bertz CT molecular complexity index is 1850. The van der Waals surface area contributed by atoms with Gasteiger partial charge in [0.2, 0.25) is 22.3 Å². The zero-order valence-corrected chi connectivity index (χ0v) is 27.8. The number of fused-ring (bicyclic) bond motifs is 1. The van der Waals surface area contributed by atoms with Crippen LogP contribution in [-0.4, -0.2) is 117 Å². The molecule has 4 heterocycles. The molecule has 3 fully saturated rings. The first kappa shape index (κ1) is 35.4. The zero-order chi connectivity index (χ0) is 36.2. The Balaban J connectivity index is 1.30. The number of rotatable bonds is 12. The summed E-state index contributed by atoms with van der Waals surface area (Å²) in [5, 5.41) is 45.1. The number of aromatic nitrogens is 1. The van der Waals surface area contributed by atoms with Crippen LogP contribution in [0.4, 0.5) is 5.13 Å². The van der Waals surface area contributed by atoms with E-state index in [-0.39, 0.29) is 23.8 Å². The quantitative estimate of drug-likeness (QED) is 0.0425. The minimum absolute atomic E-state index is 0.0185. The maximum atomic E-state index is 13.5. The number of carbonyl (C=O) groups excluding carboxylic acids is 5. The number of nitrogens with one attached hydrogen (secondary N) is 1. The molecule has 3 amide bonds. The number of likely N-dealkylation sites (tertiary alicyclic amines) is 1. The van der Waals surface area contributed by atoms with Crippen molar-refractivity contribution in [2.75, 3.05) is 18.8 Å². The third kappa shape index (κ3) is 6.21. The molecule has 3 aliphatic heterocycles. The summed E-state index contributed by atoms with van der Waals surface area (Å²) in [5.74, 6) is -10.0. The van der Waals surface area contributed by atoms with Crippen LogP contribution >= 0.6 is 34.7 Å². The number of aromatic hydroxyl groups is 2. The molecule has 0 aliphatic carbocycles. The van der Waals surface area contributed by atoms with Gasteiger partial charge in [-0.25, -0.2) is 14.6 Å². The first-order valence-electron chi connectivity index (χ1n) is 14.2. The fraction of sp³-hybridized carbons (Fsp3) is 0.393. The van der Waals surface area contributed by atoms with Crippen LogP contribution in [0.3, 0.4) is 0 Å². The second kappa shape index (κ2) is 12.8. The van der Waals surface area contributed by atoms with E-state index in [9.17, 15) is 54.0 Å². The monoisotopic (exact) mass is 738 g/mol. The van der Waals surface area contributed by atoms with Gasteiger partial charge in [0.25, 0.3) is 11.7 Å². The van der Waals surface area contributed by atoms with Crippen LogP contribution in [-0.2, 0) is 33.6 Å². The molecule has 0 spiro atoms. The number of thiazole rings is 1. The molecule has 0 unspecified atom stereocenters. The predicted molar refractivity (Wildman–Crippen MR) is 170 cm³/mol. The lowest BCUT2D eigenvalue weighted by Crippen LogP contribution is -2.60. The average molecular weight is 739 g/mol. The highest BCUT2D eigenvalue weighted by molar-refractivity contribution is 8.02. The molecule has 0 bridgehead atoms. The molecular weight excluding hydrogens is 712 g/mol. The third-order valence-corrected chi connectivity index (χ3v) is 10.9. The van der Waals surface area contributed by atoms with Gasteiger partial charge < -0.3 is 46.1 Å². The molecular formula is C28H27ClN6O12S2. The van der Waals surface area contributed by atoms with Crippen molar-refractivity contribution in [1.82, 2.24) is 20.1 Å². The molecule has 3 aliphatic rings. The molecule has 18 nitrogen and oxygen atoms in total. The van der Waals surface area contributed by atoms with Crippen LogP contribution in [0.2, 0.25) is 5.02 Å². The van der Waals surface area contributed by atoms with Crippen LogP contribution in [0.1, 0.15) is 42.7 Å². The molecule has 1 aromatic heterocycles. The summed E-state index contributed by atoms with van der Waals surface area (Å²) >= 11 is 7.62. The Labute approximate surface area is 288 Å². The van der Waals surface area contributed by atoms with Crippen molar-refractivity contribution >= 4 is 86.8 Å². The fourth-order valence-corrected chi connectivity index (χ4v) is 7.83. The number of carbonyl (C=O) groups is 7. The number of halogens is 1. The number of aliphatic carboxylic acids is 2. The van der Waals surface area contributed by atoms with E-state index in [4.69, 9.17) is 22.2 Å². The van der Waals surface area contributed by atoms with Gasteiger partial charge in [-0.1, -0.05) is 28.5 Å². The fourth-order valence-electron chi connectivity index (χ4n) is 5.33. The lowest BCUT2D eigenvalue weighted by Gasteiger charge is -2.40. The Kier molecular flexibility index (Phi) is 9.25. The van der Waals surface area contributed by atoms with E-state index in [1.807, 2.05) is 0 Å². The van der Waals surface area contributed by atoms with Crippen LogP contribution in [0.25, 0.3) is 0 Å². The van der Waals surface area contributed by atoms with Gasteiger partial charge in [-0.3, -0.25) is 24.0 Å². The highest BCUT2D eigenvalue weighted by atomic mass is 35.5. The average Bonchev–Trinajstić information content (AvgIpc) is 3.74. The molecule has 2 aromatic rings. The predicted octanol–water partition coefficient (Wildman–Crippen LogP) is 0.245. The largest absolute Gasteiger partial charge is 0.504 e. The number of nitrogens with zero attached hydrogens (tertiary/aromatic N) is 4. The van der Waals surface area contributed by atoms with Gasteiger partial charge in [0, 0.05) is 18.3 Å². The topological polar surface area (TPSA) is 279 Å². The summed E-state index contributed by atoms with van der Waals surface area (Å²) in [6.07, 6.45) is -0.578. The molecule has 0 radical (unpaired) electrons. The van der Waals surface area contributed by atoms with Crippen molar-refractivity contribution in [3.63, 3.8) is 0 Å². The molecule has 260 valence electrons. The number of Topliss-reactive ketones (excluding diaryl/α,β-unsaturated/α-hetero) is 2. The van der Waals surface area contributed by atoms with E-state index >= 15 is 0 Å². The standard InChI is InChI=1S/C28H27ClN6O12S2/c1-27(2,24(43)44)47-33-17(13-8-48-26(30)32-13)15(37)7-11-21(41)34-9-28(25(45)46,49-23(11)34)35-6-5-12(22(35)42)31-20(40)18(38)10-3-4-14(36)19(39)16(10)29/h3-4,8,11-12,23,36,39H,5-7,9H2,1-2H3,(H2,30,32)(H,31,40)(H,43,44)(H,45,46)/b33-17-/t11-,12+,23-,28-/m1/s1. The third-order valence-electron chi connectivity index (χ3n) is 8.09. The Morgan fingerprint density at radius 1 is 1.18 bits per heavy atom. The number of amides is 3. The number of anilines is 1. The van der Waals surface area contributed by atoms with Gasteiger partial charge in [-0.2, -0.15) is 0 Å². The zero-order valence-electron chi connectivity index (χ0n) is 25.4. The first-order chi connectivity index (χ1) is 22.9. The number of nitrogens with two attached hydrogens (primary N) is 1. The van der Waals surface area contributed by atoms with Gasteiger partial charge in [0.15, 0.2) is 28.1 Å². The summed E-state index contributed by atoms with van der Waals surface area (Å²) in [7, 11) is 0. The summed E-state index contributed by atoms with van der Waals surface area (Å²) in [4.78, 5) is 99.1. The number of hydrogen-bond acceptors (Lipinski definition) is 15. The molecule has 3 saturated heterocycles. The summed E-state index contributed by atoms with van der Waals surface area (Å²) in [6, 6.07) is 0.628. The van der Waals surface area contributed by atoms with Crippen molar-refractivity contribution in [1.29, 1.82) is 0 Å². The van der Waals surface area contributed by atoms with Crippen molar-refractivity contribution in [3.8, 4) is 11.5 Å². The normalized spacial score (nSPS) is 23.6. The smallest absolute Gasteiger partial charge is 0.350 e. The van der Waals surface area contributed by atoms with Gasteiger partial charge in [-0.15, -0.1) is 11.3 Å². The summed E-state index contributed by atoms with van der Waals surface area (Å²) in [6.45, 7) is 1.80. The van der Waals surface area contributed by atoms with Gasteiger partial charge >= 0.3 is 11.9 Å². The highest BCUT2D eigenvalue weighted by Crippen LogP contribution is 2.53. The lowest BCUT2D eigenvalue weighted by molar-refractivity contribution is -0.161. The Hall–Kier alpha value is -4.95. The number of hydrogen-bond donors (Lipinski definition) is 6. The van der Waals surface area contributed by atoms with Crippen molar-refractivity contribution < 1.29 is 58.8 Å². The van der Waals surface area contributed by atoms with Crippen molar-refractivity contribution in [2.45, 2.75) is 48.6 Å². The van der Waals surface area contributed by atoms with E-state index in [1.54, 1.807) is 0 Å². The van der Waals surface area contributed by atoms with Crippen LogP contribution in [0, 0.1) is 5.92 Å².